The second kappa shape index (κ2) is 4.77. The lowest BCUT2D eigenvalue weighted by atomic mass is 10.1. The van der Waals surface area contributed by atoms with Crippen LogP contribution in [0.5, 0.6) is 0 Å². The van der Waals surface area contributed by atoms with Crippen LogP contribution >= 0.6 is 0 Å². The van der Waals surface area contributed by atoms with Gasteiger partial charge in [0.1, 0.15) is 12.2 Å². The minimum absolute atomic E-state index is 0.174. The maximum absolute atomic E-state index is 7.00. The summed E-state index contributed by atoms with van der Waals surface area (Å²) >= 11 is 0. The third-order valence-corrected chi connectivity index (χ3v) is 2.22. The molecule has 0 bridgehead atoms. The average Bonchev–Trinajstić information content (AvgIpc) is 2.67. The summed E-state index contributed by atoms with van der Waals surface area (Å²) in [6.07, 6.45) is 1.73. The number of ether oxygens (including phenoxy) is 3. The highest BCUT2D eigenvalue weighted by Gasteiger charge is 2.41. The van der Waals surface area contributed by atoms with E-state index in [9.17, 15) is 0 Å². The van der Waals surface area contributed by atoms with E-state index in [1.807, 2.05) is 0 Å². The largest absolute Gasteiger partial charge is 0.400 e. The van der Waals surface area contributed by atoms with E-state index in [0.29, 0.717) is 12.7 Å². The van der Waals surface area contributed by atoms with Gasteiger partial charge in [0, 0.05) is 20.8 Å². The van der Waals surface area contributed by atoms with Crippen LogP contribution < -0.4 is 0 Å². The quantitative estimate of drug-likeness (QED) is 0.601. The third kappa shape index (κ3) is 1.77. The highest BCUT2D eigenvalue weighted by molar-refractivity contribution is 4.89. The molecule has 12 heavy (non-hydrogen) atoms. The van der Waals surface area contributed by atoms with Crippen molar-refractivity contribution in [2.75, 3.05) is 27.4 Å². The Bertz CT molecular complexity index is 128. The summed E-state index contributed by atoms with van der Waals surface area (Å²) in [7, 11) is 2.71. The van der Waals surface area contributed by atoms with Crippen LogP contribution in [0.1, 0.15) is 6.42 Å². The Balaban J connectivity index is 0.000000336. The van der Waals surface area contributed by atoms with Gasteiger partial charge in [0.05, 0.1) is 12.7 Å². The van der Waals surface area contributed by atoms with Crippen LogP contribution in [0.15, 0.2) is 0 Å². The number of hydrogen-bond donors (Lipinski definition) is 1. The minimum Gasteiger partial charge on any atom is -0.400 e. The number of aliphatic hydroxyl groups is 1. The van der Waals surface area contributed by atoms with Crippen LogP contribution in [0, 0.1) is 0 Å². The van der Waals surface area contributed by atoms with Crippen LogP contribution in [-0.4, -0.2) is 50.9 Å². The second-order valence-electron chi connectivity index (χ2n) is 2.77. The Morgan fingerprint density at radius 2 is 2.08 bits per heavy atom. The molecule has 2 aliphatic rings. The van der Waals surface area contributed by atoms with Crippen molar-refractivity contribution < 1.29 is 19.3 Å². The minimum atomic E-state index is 0.174. The van der Waals surface area contributed by atoms with Gasteiger partial charge in [-0.1, -0.05) is 0 Å². The molecule has 2 fully saturated rings. The van der Waals surface area contributed by atoms with Gasteiger partial charge in [0.2, 0.25) is 0 Å². The van der Waals surface area contributed by atoms with Crippen molar-refractivity contribution >= 4 is 0 Å². The van der Waals surface area contributed by atoms with E-state index < -0.39 is 0 Å². The monoisotopic (exact) mass is 176 g/mol. The predicted molar refractivity (Wildman–Crippen MR) is 43.0 cm³/mol. The average molecular weight is 176 g/mol. The van der Waals surface area contributed by atoms with Crippen molar-refractivity contribution in [3.63, 3.8) is 0 Å². The molecule has 0 amide bonds. The summed E-state index contributed by atoms with van der Waals surface area (Å²) in [5, 5.41) is 7.00. The molecule has 2 saturated heterocycles. The summed E-state index contributed by atoms with van der Waals surface area (Å²) in [5.74, 6) is 0. The summed E-state index contributed by atoms with van der Waals surface area (Å²) in [6.45, 7) is 1.53. The highest BCUT2D eigenvalue weighted by atomic mass is 16.6. The van der Waals surface area contributed by atoms with E-state index in [-0.39, 0.29) is 12.2 Å². The van der Waals surface area contributed by atoms with Gasteiger partial charge in [-0.15, -0.1) is 0 Å². The van der Waals surface area contributed by atoms with Crippen LogP contribution in [0.2, 0.25) is 0 Å². The molecular formula is C8H16O4. The zero-order valence-corrected chi connectivity index (χ0v) is 7.53. The first-order valence-electron chi connectivity index (χ1n) is 4.12. The van der Waals surface area contributed by atoms with Gasteiger partial charge in [-0.05, 0) is 6.42 Å². The number of hydrogen-bond acceptors (Lipinski definition) is 4. The molecule has 0 saturated carbocycles. The van der Waals surface area contributed by atoms with Crippen LogP contribution in [-0.2, 0) is 14.2 Å². The number of rotatable bonds is 1. The molecule has 4 heteroatoms. The van der Waals surface area contributed by atoms with Gasteiger partial charge in [-0.25, -0.2) is 0 Å². The summed E-state index contributed by atoms with van der Waals surface area (Å²) < 4.78 is 16.0. The SMILES string of the molecule is CO.COC1CO[C@@H]2CCO[C@H]12. The highest BCUT2D eigenvalue weighted by Crippen LogP contribution is 2.27. The van der Waals surface area contributed by atoms with E-state index in [0.717, 1.165) is 20.1 Å². The molecule has 0 aromatic rings. The van der Waals surface area contributed by atoms with E-state index >= 15 is 0 Å². The van der Waals surface area contributed by atoms with E-state index in [2.05, 4.69) is 0 Å². The van der Waals surface area contributed by atoms with E-state index in [4.69, 9.17) is 19.3 Å². The van der Waals surface area contributed by atoms with Crippen molar-refractivity contribution in [2.24, 2.45) is 0 Å². The van der Waals surface area contributed by atoms with Gasteiger partial charge in [0.15, 0.2) is 0 Å². The number of methoxy groups -OCH3 is 1. The predicted octanol–water partition coefficient (Wildman–Crippen LogP) is -0.202. The van der Waals surface area contributed by atoms with Crippen molar-refractivity contribution in [2.45, 2.75) is 24.7 Å². The molecule has 1 unspecified atom stereocenters. The van der Waals surface area contributed by atoms with Gasteiger partial charge in [0.25, 0.3) is 0 Å². The van der Waals surface area contributed by atoms with E-state index in [1.165, 1.54) is 0 Å². The van der Waals surface area contributed by atoms with Crippen LogP contribution in [0.4, 0.5) is 0 Å². The van der Waals surface area contributed by atoms with Crippen LogP contribution in [0.3, 0.4) is 0 Å². The Morgan fingerprint density at radius 1 is 1.33 bits per heavy atom. The fourth-order valence-electron chi connectivity index (χ4n) is 1.63. The fraction of sp³-hybridized carbons (Fsp3) is 1.00. The molecule has 2 heterocycles. The summed E-state index contributed by atoms with van der Waals surface area (Å²) in [5.41, 5.74) is 0. The first-order valence-corrected chi connectivity index (χ1v) is 4.12. The lowest BCUT2D eigenvalue weighted by molar-refractivity contribution is -0.00727. The molecule has 72 valence electrons. The summed E-state index contributed by atoms with van der Waals surface area (Å²) in [4.78, 5) is 0. The maximum Gasteiger partial charge on any atom is 0.112 e. The second-order valence-corrected chi connectivity index (χ2v) is 2.77. The standard InChI is InChI=1S/C7H12O3.CH4O/c1-8-6-4-10-5-2-3-9-7(5)6;1-2/h5-7H,2-4H2,1H3;2H,1H3/t5-,6?,7+;/m1./s1. The van der Waals surface area contributed by atoms with Crippen LogP contribution in [0.25, 0.3) is 0 Å². The lowest BCUT2D eigenvalue weighted by Gasteiger charge is -2.12. The molecule has 1 N–H and O–H groups in total. The first-order chi connectivity index (χ1) is 5.92. The molecule has 2 aliphatic heterocycles. The Hall–Kier alpha value is -0.160. The zero-order valence-electron chi connectivity index (χ0n) is 7.53. The molecule has 0 aromatic heterocycles. The van der Waals surface area contributed by atoms with Crippen molar-refractivity contribution in [1.29, 1.82) is 0 Å². The lowest BCUT2D eigenvalue weighted by Crippen LogP contribution is -2.28. The molecule has 0 radical (unpaired) electrons. The number of fused-ring (bicyclic) bond motifs is 1. The molecular weight excluding hydrogens is 160 g/mol. The molecule has 0 aliphatic carbocycles. The van der Waals surface area contributed by atoms with Crippen molar-refractivity contribution in [3.8, 4) is 0 Å². The van der Waals surface area contributed by atoms with Crippen molar-refractivity contribution in [3.05, 3.63) is 0 Å². The Labute approximate surface area is 72.4 Å². The fourth-order valence-corrected chi connectivity index (χ4v) is 1.63. The normalized spacial score (nSPS) is 38.8. The molecule has 0 spiro atoms. The molecule has 2 rings (SSSR count). The van der Waals surface area contributed by atoms with Gasteiger partial charge < -0.3 is 19.3 Å². The molecule has 4 nitrogen and oxygen atoms in total. The third-order valence-electron chi connectivity index (χ3n) is 2.22. The summed E-state index contributed by atoms with van der Waals surface area (Å²) in [6, 6.07) is 0. The molecule has 3 atom stereocenters. The zero-order chi connectivity index (χ0) is 8.97. The Morgan fingerprint density at radius 3 is 2.75 bits per heavy atom. The number of aliphatic hydroxyl groups excluding tert-OH is 1. The topological polar surface area (TPSA) is 47.9 Å². The van der Waals surface area contributed by atoms with Gasteiger partial charge in [-0.2, -0.15) is 0 Å². The first kappa shape index (κ1) is 9.92. The van der Waals surface area contributed by atoms with Gasteiger partial charge >= 0.3 is 0 Å². The van der Waals surface area contributed by atoms with Gasteiger partial charge in [-0.3, -0.25) is 0 Å². The smallest absolute Gasteiger partial charge is 0.112 e. The Kier molecular flexibility index (Phi) is 3.94. The molecule has 0 aromatic carbocycles. The van der Waals surface area contributed by atoms with Crippen molar-refractivity contribution in [1.82, 2.24) is 0 Å². The maximum atomic E-state index is 7.00. The van der Waals surface area contributed by atoms with E-state index in [1.54, 1.807) is 7.11 Å².